The highest BCUT2D eigenvalue weighted by Gasteiger charge is 2.32. The molecule has 1 aromatic carbocycles. The number of carbonyl (C=O) groups is 1. The van der Waals surface area contributed by atoms with Crippen molar-refractivity contribution in [1.82, 2.24) is 4.31 Å². The molecule has 1 aliphatic rings. The summed E-state index contributed by atoms with van der Waals surface area (Å²) in [5, 5.41) is 9.10. The first-order valence-corrected chi connectivity index (χ1v) is 9.14. The zero-order valence-electron chi connectivity index (χ0n) is 12.7. The van der Waals surface area contributed by atoms with Crippen LogP contribution in [0.1, 0.15) is 30.7 Å². The molecule has 0 aromatic heterocycles. The van der Waals surface area contributed by atoms with E-state index in [0.717, 1.165) is 24.5 Å². The van der Waals surface area contributed by atoms with Crippen LogP contribution in [0, 0.1) is 17.6 Å². The monoisotopic (exact) mass is 347 g/mol. The molecule has 2 rings (SSSR count). The van der Waals surface area contributed by atoms with Crippen molar-refractivity contribution in [2.24, 2.45) is 5.92 Å². The minimum Gasteiger partial charge on any atom is -0.481 e. The highest BCUT2D eigenvalue weighted by Crippen LogP contribution is 2.36. The number of rotatable bonds is 5. The molecule has 8 heteroatoms. The molecule has 5 nitrogen and oxygen atoms in total. The Labute approximate surface area is 134 Å². The van der Waals surface area contributed by atoms with Crippen molar-refractivity contribution in [2.45, 2.75) is 25.2 Å². The lowest BCUT2D eigenvalue weighted by atomic mass is 9.78. The Bertz CT molecular complexity index is 664. The predicted molar refractivity (Wildman–Crippen MR) is 80.5 cm³/mol. The maximum Gasteiger partial charge on any atom is 0.303 e. The van der Waals surface area contributed by atoms with E-state index >= 15 is 0 Å². The fourth-order valence-corrected chi connectivity index (χ4v) is 4.02. The Morgan fingerprint density at radius 3 is 2.22 bits per heavy atom. The Hall–Kier alpha value is -1.54. The van der Waals surface area contributed by atoms with Crippen LogP contribution in [0.4, 0.5) is 8.78 Å². The summed E-state index contributed by atoms with van der Waals surface area (Å²) in [4.78, 5) is 11.1. The largest absolute Gasteiger partial charge is 0.481 e. The van der Waals surface area contributed by atoms with Crippen LogP contribution < -0.4 is 0 Å². The molecule has 1 N–H and O–H groups in total. The quantitative estimate of drug-likeness (QED) is 0.886. The number of carboxylic acids is 1. The van der Waals surface area contributed by atoms with Crippen molar-refractivity contribution >= 4 is 16.0 Å². The van der Waals surface area contributed by atoms with E-state index in [9.17, 15) is 22.0 Å². The highest BCUT2D eigenvalue weighted by molar-refractivity contribution is 7.88. The second-order valence-corrected chi connectivity index (χ2v) is 7.89. The SMILES string of the molecule is CS(=O)(=O)N1CCC(C(CC(=O)O)c2cc(F)cc(F)c2)CC1. The average Bonchev–Trinajstić information content (AvgIpc) is 2.42. The smallest absolute Gasteiger partial charge is 0.303 e. The summed E-state index contributed by atoms with van der Waals surface area (Å²) in [5.41, 5.74) is 0.308. The summed E-state index contributed by atoms with van der Waals surface area (Å²) in [7, 11) is -3.28. The first kappa shape index (κ1) is 17.8. The number of halogens is 2. The van der Waals surface area contributed by atoms with E-state index in [1.165, 1.54) is 4.31 Å². The van der Waals surface area contributed by atoms with Gasteiger partial charge < -0.3 is 5.11 Å². The molecule has 1 heterocycles. The van der Waals surface area contributed by atoms with E-state index in [4.69, 9.17) is 5.11 Å². The van der Waals surface area contributed by atoms with Crippen molar-refractivity contribution in [2.75, 3.05) is 19.3 Å². The second-order valence-electron chi connectivity index (χ2n) is 5.91. The molecule has 1 aromatic rings. The van der Waals surface area contributed by atoms with Gasteiger partial charge in [0.15, 0.2) is 0 Å². The Morgan fingerprint density at radius 1 is 1.26 bits per heavy atom. The molecule has 0 spiro atoms. The summed E-state index contributed by atoms with van der Waals surface area (Å²) < 4.78 is 51.3. The standard InChI is InChI=1S/C15H19F2NO4S/c1-23(21,22)18-4-2-10(3-5-18)14(9-15(19)20)11-6-12(16)8-13(17)7-11/h6-8,10,14H,2-5,9H2,1H3,(H,19,20). The number of nitrogens with zero attached hydrogens (tertiary/aromatic N) is 1. The highest BCUT2D eigenvalue weighted by atomic mass is 32.2. The molecule has 1 aliphatic heterocycles. The van der Waals surface area contributed by atoms with Gasteiger partial charge in [0.25, 0.3) is 0 Å². The molecular formula is C15H19F2NO4S. The van der Waals surface area contributed by atoms with Crippen molar-refractivity contribution in [1.29, 1.82) is 0 Å². The predicted octanol–water partition coefficient (Wildman–Crippen LogP) is 2.19. The van der Waals surface area contributed by atoms with Crippen molar-refractivity contribution in [3.8, 4) is 0 Å². The van der Waals surface area contributed by atoms with Crippen molar-refractivity contribution in [3.63, 3.8) is 0 Å². The summed E-state index contributed by atoms with van der Waals surface area (Å²) >= 11 is 0. The number of hydrogen-bond acceptors (Lipinski definition) is 3. The maximum absolute atomic E-state index is 13.4. The fourth-order valence-electron chi connectivity index (χ4n) is 3.14. The molecule has 1 fully saturated rings. The number of sulfonamides is 1. The Morgan fingerprint density at radius 2 is 1.78 bits per heavy atom. The lowest BCUT2D eigenvalue weighted by molar-refractivity contribution is -0.137. The van der Waals surface area contributed by atoms with Gasteiger partial charge in [-0.3, -0.25) is 4.79 Å². The molecule has 1 saturated heterocycles. The zero-order valence-corrected chi connectivity index (χ0v) is 13.5. The van der Waals surface area contributed by atoms with E-state index in [1.807, 2.05) is 0 Å². The van der Waals surface area contributed by atoms with Gasteiger partial charge in [0, 0.05) is 19.2 Å². The van der Waals surface area contributed by atoms with Gasteiger partial charge in [0.05, 0.1) is 12.7 Å². The third-order valence-corrected chi connectivity index (χ3v) is 5.55. The van der Waals surface area contributed by atoms with E-state index in [2.05, 4.69) is 0 Å². The maximum atomic E-state index is 13.4. The van der Waals surface area contributed by atoms with Gasteiger partial charge in [-0.15, -0.1) is 0 Å². The number of aliphatic carboxylic acids is 1. The molecule has 0 amide bonds. The molecular weight excluding hydrogens is 328 g/mol. The van der Waals surface area contributed by atoms with E-state index in [0.29, 0.717) is 18.4 Å². The number of hydrogen-bond donors (Lipinski definition) is 1. The van der Waals surface area contributed by atoms with Crippen LogP contribution >= 0.6 is 0 Å². The van der Waals surface area contributed by atoms with E-state index in [-0.39, 0.29) is 25.4 Å². The van der Waals surface area contributed by atoms with Gasteiger partial charge in [0.1, 0.15) is 11.6 Å². The molecule has 1 atom stereocenters. The third kappa shape index (κ3) is 4.71. The first-order chi connectivity index (χ1) is 10.7. The van der Waals surface area contributed by atoms with Gasteiger partial charge in [-0.05, 0) is 42.4 Å². The van der Waals surface area contributed by atoms with Crippen molar-refractivity contribution in [3.05, 3.63) is 35.4 Å². The molecule has 0 saturated carbocycles. The number of carboxylic acid groups (broad SMARTS) is 1. The van der Waals surface area contributed by atoms with E-state index < -0.39 is 33.5 Å². The Balaban J connectivity index is 2.21. The average molecular weight is 347 g/mol. The molecule has 1 unspecified atom stereocenters. The summed E-state index contributed by atoms with van der Waals surface area (Å²) in [6.45, 7) is 0.578. The summed E-state index contributed by atoms with van der Waals surface area (Å²) in [5.74, 6) is -3.22. The fraction of sp³-hybridized carbons (Fsp3) is 0.533. The minimum atomic E-state index is -3.28. The second kappa shape index (κ2) is 6.92. The lowest BCUT2D eigenvalue weighted by Gasteiger charge is -2.34. The van der Waals surface area contributed by atoms with Gasteiger partial charge >= 0.3 is 5.97 Å². The molecule has 0 radical (unpaired) electrons. The van der Waals surface area contributed by atoms with Crippen LogP contribution in [0.25, 0.3) is 0 Å². The van der Waals surface area contributed by atoms with Gasteiger partial charge in [-0.2, -0.15) is 0 Å². The van der Waals surface area contributed by atoms with Crippen molar-refractivity contribution < 1.29 is 27.1 Å². The summed E-state index contributed by atoms with van der Waals surface area (Å²) in [6, 6.07) is 3.05. The minimum absolute atomic E-state index is 0.134. The first-order valence-electron chi connectivity index (χ1n) is 7.29. The number of benzene rings is 1. The topological polar surface area (TPSA) is 74.7 Å². The molecule has 128 valence electrons. The van der Waals surface area contributed by atoms with Gasteiger partial charge in [-0.25, -0.2) is 21.5 Å². The molecule has 0 aliphatic carbocycles. The molecule has 0 bridgehead atoms. The van der Waals surface area contributed by atoms with Gasteiger partial charge in [0.2, 0.25) is 10.0 Å². The van der Waals surface area contributed by atoms with Crippen LogP contribution in [0.15, 0.2) is 18.2 Å². The van der Waals surface area contributed by atoms with Crippen LogP contribution in [-0.4, -0.2) is 43.1 Å². The Kier molecular flexibility index (Phi) is 5.36. The van der Waals surface area contributed by atoms with Crippen LogP contribution in [0.3, 0.4) is 0 Å². The summed E-state index contributed by atoms with van der Waals surface area (Å²) in [6.07, 6.45) is 1.81. The van der Waals surface area contributed by atoms with E-state index in [1.54, 1.807) is 0 Å². The van der Waals surface area contributed by atoms with Gasteiger partial charge in [-0.1, -0.05) is 0 Å². The van der Waals surface area contributed by atoms with Crippen LogP contribution in [0.2, 0.25) is 0 Å². The zero-order chi connectivity index (χ0) is 17.2. The third-order valence-electron chi connectivity index (χ3n) is 4.24. The normalized spacial score (nSPS) is 18.7. The van der Waals surface area contributed by atoms with Crippen LogP contribution in [0.5, 0.6) is 0 Å². The molecule has 23 heavy (non-hydrogen) atoms. The number of piperidine rings is 1. The van der Waals surface area contributed by atoms with Crippen LogP contribution in [-0.2, 0) is 14.8 Å². The lowest BCUT2D eigenvalue weighted by Crippen LogP contribution is -2.39.